The number of aromatic nitrogens is 2. The van der Waals surface area contributed by atoms with E-state index in [-0.39, 0.29) is 5.91 Å². The van der Waals surface area contributed by atoms with Crippen molar-refractivity contribution >= 4 is 22.4 Å². The van der Waals surface area contributed by atoms with Gasteiger partial charge in [0.2, 0.25) is 0 Å². The lowest BCUT2D eigenvalue weighted by Crippen LogP contribution is -2.13. The van der Waals surface area contributed by atoms with E-state index in [1.165, 1.54) is 16.3 Å². The number of aryl methyl sites for hydroxylation is 1. The number of fused-ring (bicyclic) bond motifs is 1. The van der Waals surface area contributed by atoms with Crippen molar-refractivity contribution in [3.63, 3.8) is 0 Å². The van der Waals surface area contributed by atoms with Gasteiger partial charge in [-0.25, -0.2) is 0 Å². The van der Waals surface area contributed by atoms with Crippen LogP contribution in [-0.2, 0) is 6.54 Å². The molecule has 0 aliphatic carbocycles. The maximum atomic E-state index is 12.7. The Morgan fingerprint density at radius 2 is 1.72 bits per heavy atom. The quantitative estimate of drug-likeness (QED) is 0.528. The van der Waals surface area contributed by atoms with E-state index in [1.54, 1.807) is 31.4 Å². The fourth-order valence-corrected chi connectivity index (χ4v) is 3.55. The van der Waals surface area contributed by atoms with Crippen LogP contribution in [0.4, 0.5) is 5.69 Å². The second-order valence-corrected chi connectivity index (χ2v) is 7.02. The summed E-state index contributed by atoms with van der Waals surface area (Å²) in [4.78, 5) is 12.7. The van der Waals surface area contributed by atoms with Gasteiger partial charge in [0.05, 0.1) is 30.7 Å². The molecular weight excluding hydrogens is 362 g/mol. The zero-order valence-electron chi connectivity index (χ0n) is 16.8. The van der Waals surface area contributed by atoms with Crippen LogP contribution in [0.15, 0.2) is 66.7 Å². The van der Waals surface area contributed by atoms with Crippen molar-refractivity contribution in [2.45, 2.75) is 20.4 Å². The maximum Gasteiger partial charge on any atom is 0.255 e. The highest BCUT2D eigenvalue weighted by atomic mass is 16.5. The van der Waals surface area contributed by atoms with Crippen LogP contribution in [0.1, 0.15) is 27.3 Å². The van der Waals surface area contributed by atoms with Crippen LogP contribution in [0.5, 0.6) is 5.75 Å². The average molecular weight is 385 g/mol. The molecule has 0 aliphatic heterocycles. The normalized spacial score (nSPS) is 10.9. The van der Waals surface area contributed by atoms with Gasteiger partial charge in [-0.3, -0.25) is 9.48 Å². The van der Waals surface area contributed by atoms with Gasteiger partial charge in [-0.1, -0.05) is 42.5 Å². The molecule has 1 heterocycles. The second-order valence-electron chi connectivity index (χ2n) is 7.02. The largest absolute Gasteiger partial charge is 0.497 e. The van der Waals surface area contributed by atoms with Crippen molar-refractivity contribution in [1.29, 1.82) is 0 Å². The van der Waals surface area contributed by atoms with E-state index in [2.05, 4.69) is 40.7 Å². The molecule has 0 atom stereocenters. The van der Waals surface area contributed by atoms with E-state index in [4.69, 9.17) is 4.74 Å². The number of hydrogen-bond donors (Lipinski definition) is 1. The zero-order chi connectivity index (χ0) is 20.4. The number of methoxy groups -OCH3 is 1. The minimum absolute atomic E-state index is 0.163. The molecule has 5 nitrogen and oxygen atoms in total. The third-order valence-corrected chi connectivity index (χ3v) is 5.17. The van der Waals surface area contributed by atoms with Gasteiger partial charge in [0, 0.05) is 5.56 Å². The molecule has 1 N–H and O–H groups in total. The molecule has 0 saturated carbocycles. The summed E-state index contributed by atoms with van der Waals surface area (Å²) in [6.07, 6.45) is 0. The highest BCUT2D eigenvalue weighted by molar-refractivity contribution is 6.04. The fourth-order valence-electron chi connectivity index (χ4n) is 3.55. The summed E-state index contributed by atoms with van der Waals surface area (Å²) in [5, 5.41) is 10.1. The van der Waals surface area contributed by atoms with Crippen molar-refractivity contribution in [3.05, 3.63) is 89.2 Å². The van der Waals surface area contributed by atoms with Gasteiger partial charge in [0.1, 0.15) is 5.75 Å². The molecule has 146 valence electrons. The van der Waals surface area contributed by atoms with Gasteiger partial charge >= 0.3 is 0 Å². The number of hydrogen-bond acceptors (Lipinski definition) is 3. The first-order valence-corrected chi connectivity index (χ1v) is 9.53. The van der Waals surface area contributed by atoms with Gasteiger partial charge in [0.25, 0.3) is 5.91 Å². The van der Waals surface area contributed by atoms with Crippen molar-refractivity contribution in [2.75, 3.05) is 12.4 Å². The van der Waals surface area contributed by atoms with E-state index in [0.29, 0.717) is 12.1 Å². The number of rotatable bonds is 5. The van der Waals surface area contributed by atoms with Gasteiger partial charge in [-0.2, -0.15) is 5.10 Å². The molecule has 0 spiro atoms. The molecule has 5 heteroatoms. The number of carbonyl (C=O) groups is 1. The lowest BCUT2D eigenvalue weighted by molar-refractivity contribution is 0.102. The van der Waals surface area contributed by atoms with Crippen LogP contribution < -0.4 is 10.1 Å². The average Bonchev–Trinajstić information content (AvgIpc) is 3.01. The number of amides is 1. The number of anilines is 1. The number of ether oxygens (including phenoxy) is 1. The van der Waals surface area contributed by atoms with E-state index in [0.717, 1.165) is 22.8 Å². The van der Waals surface area contributed by atoms with Crippen molar-refractivity contribution in [3.8, 4) is 5.75 Å². The Balaban J connectivity index is 1.60. The smallest absolute Gasteiger partial charge is 0.255 e. The van der Waals surface area contributed by atoms with Crippen LogP contribution in [-0.4, -0.2) is 22.8 Å². The van der Waals surface area contributed by atoms with E-state index in [1.807, 2.05) is 30.7 Å². The van der Waals surface area contributed by atoms with Crippen LogP contribution in [0.2, 0.25) is 0 Å². The Bertz CT molecular complexity index is 1170. The fraction of sp³-hybridized carbons (Fsp3) is 0.167. The monoisotopic (exact) mass is 385 g/mol. The highest BCUT2D eigenvalue weighted by Gasteiger charge is 2.16. The van der Waals surface area contributed by atoms with E-state index < -0.39 is 0 Å². The summed E-state index contributed by atoms with van der Waals surface area (Å²) in [6, 6.07) is 21.7. The lowest BCUT2D eigenvalue weighted by atomic mass is 10.0. The Morgan fingerprint density at radius 3 is 2.48 bits per heavy atom. The van der Waals surface area contributed by atoms with Crippen LogP contribution >= 0.6 is 0 Å². The Kier molecular flexibility index (Phi) is 5.04. The predicted octanol–water partition coefficient (Wildman–Crippen LogP) is 4.96. The molecule has 4 rings (SSSR count). The first-order valence-electron chi connectivity index (χ1n) is 9.53. The molecule has 29 heavy (non-hydrogen) atoms. The highest BCUT2D eigenvalue weighted by Crippen LogP contribution is 2.24. The maximum absolute atomic E-state index is 12.7. The van der Waals surface area contributed by atoms with E-state index >= 15 is 0 Å². The SMILES string of the molecule is COc1ccc(C(=O)Nc2c(C)nn(Cc3cccc4ccccc34)c2C)cc1. The standard InChI is InChI=1S/C24H23N3O2/c1-16-23(25-24(28)19-11-13-21(29-3)14-12-19)17(2)27(26-16)15-20-9-6-8-18-7-4-5-10-22(18)20/h4-14H,15H2,1-3H3,(H,25,28). The number of carbonyl (C=O) groups excluding carboxylic acids is 1. The second kappa shape index (κ2) is 7.80. The third kappa shape index (κ3) is 3.72. The van der Waals surface area contributed by atoms with E-state index in [9.17, 15) is 4.79 Å². The molecule has 3 aromatic carbocycles. The molecule has 0 fully saturated rings. The number of nitrogens with one attached hydrogen (secondary N) is 1. The molecular formula is C24H23N3O2. The molecule has 0 radical (unpaired) electrons. The zero-order valence-corrected chi connectivity index (χ0v) is 16.8. The van der Waals surface area contributed by atoms with Crippen molar-refractivity contribution < 1.29 is 9.53 Å². The Hall–Kier alpha value is -3.60. The van der Waals surface area contributed by atoms with Crippen LogP contribution in [0.25, 0.3) is 10.8 Å². The first-order chi connectivity index (χ1) is 14.1. The van der Waals surface area contributed by atoms with Crippen LogP contribution in [0.3, 0.4) is 0 Å². The summed E-state index contributed by atoms with van der Waals surface area (Å²) in [6.45, 7) is 4.54. The van der Waals surface area contributed by atoms with Crippen molar-refractivity contribution in [2.24, 2.45) is 0 Å². The minimum Gasteiger partial charge on any atom is -0.497 e. The third-order valence-electron chi connectivity index (χ3n) is 5.17. The van der Waals surface area contributed by atoms with Gasteiger partial charge in [0.15, 0.2) is 0 Å². The summed E-state index contributed by atoms with van der Waals surface area (Å²) >= 11 is 0. The molecule has 0 bridgehead atoms. The summed E-state index contributed by atoms with van der Waals surface area (Å²) in [5.74, 6) is 0.556. The summed E-state index contributed by atoms with van der Waals surface area (Å²) < 4.78 is 7.10. The Morgan fingerprint density at radius 1 is 1.00 bits per heavy atom. The number of benzene rings is 3. The van der Waals surface area contributed by atoms with Gasteiger partial charge in [-0.05, 0) is 54.4 Å². The molecule has 1 aromatic heterocycles. The molecule has 0 saturated heterocycles. The molecule has 0 aliphatic rings. The number of nitrogens with zero attached hydrogens (tertiary/aromatic N) is 2. The predicted molar refractivity (Wildman–Crippen MR) is 116 cm³/mol. The molecule has 0 unspecified atom stereocenters. The summed E-state index contributed by atoms with van der Waals surface area (Å²) in [5.41, 5.74) is 4.25. The summed E-state index contributed by atoms with van der Waals surface area (Å²) in [7, 11) is 1.60. The topological polar surface area (TPSA) is 56.1 Å². The van der Waals surface area contributed by atoms with Crippen molar-refractivity contribution in [1.82, 2.24) is 9.78 Å². The lowest BCUT2D eigenvalue weighted by Gasteiger charge is -2.10. The van der Waals surface area contributed by atoms with Gasteiger partial charge < -0.3 is 10.1 Å². The minimum atomic E-state index is -0.163. The Labute approximate surface area is 169 Å². The van der Waals surface area contributed by atoms with Crippen LogP contribution in [0, 0.1) is 13.8 Å². The molecule has 4 aromatic rings. The van der Waals surface area contributed by atoms with Gasteiger partial charge in [-0.15, -0.1) is 0 Å². The molecule has 1 amide bonds. The first kappa shape index (κ1) is 18.7.